The highest BCUT2D eigenvalue weighted by Crippen LogP contribution is 2.42. The molecule has 5 nitrogen and oxygen atoms in total. The fourth-order valence-electron chi connectivity index (χ4n) is 2.55. The van der Waals surface area contributed by atoms with Crippen molar-refractivity contribution in [1.29, 1.82) is 5.26 Å². The van der Waals surface area contributed by atoms with Gasteiger partial charge in [-0.15, -0.1) is 0 Å². The van der Waals surface area contributed by atoms with Crippen LogP contribution in [0.3, 0.4) is 0 Å². The monoisotopic (exact) mass is 230 g/mol. The molecule has 2 heterocycles. The van der Waals surface area contributed by atoms with Crippen molar-refractivity contribution in [3.05, 3.63) is 18.2 Å². The Balaban J connectivity index is 1.79. The predicted octanol–water partition coefficient (Wildman–Crippen LogP) is 0.919. The maximum atomic E-state index is 12.3. The molecular weight excluding hydrogens is 216 g/mol. The number of nitrogens with zero attached hydrogens (tertiary/aromatic N) is 4. The molecule has 1 amide bonds. The SMILES string of the molecule is N#CC1(C(=O)N2CCn3ccnc3C2)CCC1. The number of nitriles is 1. The zero-order chi connectivity index (χ0) is 11.9. The molecule has 1 aliphatic heterocycles. The smallest absolute Gasteiger partial charge is 0.243 e. The fourth-order valence-corrected chi connectivity index (χ4v) is 2.55. The Morgan fingerprint density at radius 1 is 1.47 bits per heavy atom. The van der Waals surface area contributed by atoms with Crippen LogP contribution in [0.15, 0.2) is 12.4 Å². The molecular formula is C12H14N4O. The Morgan fingerprint density at radius 3 is 2.94 bits per heavy atom. The van der Waals surface area contributed by atoms with Gasteiger partial charge in [0, 0.05) is 25.5 Å². The standard InChI is InChI=1S/C12H14N4O/c13-9-12(2-1-3-12)11(17)16-7-6-15-5-4-14-10(15)8-16/h4-5H,1-3,6-8H2. The van der Waals surface area contributed by atoms with Gasteiger partial charge in [0.15, 0.2) is 0 Å². The molecule has 0 bridgehead atoms. The van der Waals surface area contributed by atoms with Gasteiger partial charge in [-0.3, -0.25) is 4.79 Å². The number of amides is 1. The molecule has 0 radical (unpaired) electrons. The molecule has 0 atom stereocenters. The first kappa shape index (κ1) is 10.3. The Bertz CT molecular complexity index is 495. The number of imidazole rings is 1. The van der Waals surface area contributed by atoms with E-state index in [2.05, 4.69) is 15.6 Å². The van der Waals surface area contributed by atoms with E-state index in [1.165, 1.54) is 0 Å². The van der Waals surface area contributed by atoms with Gasteiger partial charge in [0.1, 0.15) is 11.2 Å². The summed E-state index contributed by atoms with van der Waals surface area (Å²) in [4.78, 5) is 18.3. The van der Waals surface area contributed by atoms with Gasteiger partial charge in [-0.2, -0.15) is 5.26 Å². The number of rotatable bonds is 1. The van der Waals surface area contributed by atoms with Crippen molar-refractivity contribution < 1.29 is 4.79 Å². The Kier molecular flexibility index (Phi) is 2.18. The fraction of sp³-hybridized carbons (Fsp3) is 0.583. The van der Waals surface area contributed by atoms with E-state index in [0.717, 1.165) is 18.8 Å². The molecule has 1 aliphatic carbocycles. The van der Waals surface area contributed by atoms with Gasteiger partial charge < -0.3 is 9.47 Å². The molecule has 2 aliphatic rings. The van der Waals surface area contributed by atoms with Crippen LogP contribution in [0.2, 0.25) is 0 Å². The van der Waals surface area contributed by atoms with Gasteiger partial charge in [0.25, 0.3) is 0 Å². The van der Waals surface area contributed by atoms with E-state index in [-0.39, 0.29) is 5.91 Å². The first-order chi connectivity index (χ1) is 8.25. The Morgan fingerprint density at radius 2 is 2.29 bits per heavy atom. The highest BCUT2D eigenvalue weighted by Gasteiger charge is 2.47. The van der Waals surface area contributed by atoms with Crippen molar-refractivity contribution in [2.24, 2.45) is 5.41 Å². The van der Waals surface area contributed by atoms with Crippen LogP contribution in [-0.2, 0) is 17.9 Å². The zero-order valence-corrected chi connectivity index (χ0v) is 9.59. The quantitative estimate of drug-likeness (QED) is 0.720. The van der Waals surface area contributed by atoms with Gasteiger partial charge >= 0.3 is 0 Å². The van der Waals surface area contributed by atoms with Crippen molar-refractivity contribution in [3.8, 4) is 6.07 Å². The summed E-state index contributed by atoms with van der Waals surface area (Å²) < 4.78 is 2.06. The number of hydrogen-bond acceptors (Lipinski definition) is 3. The zero-order valence-electron chi connectivity index (χ0n) is 9.59. The summed E-state index contributed by atoms with van der Waals surface area (Å²) in [6.45, 7) is 2.00. The summed E-state index contributed by atoms with van der Waals surface area (Å²) in [5, 5.41) is 9.17. The molecule has 0 spiro atoms. The molecule has 1 aromatic rings. The van der Waals surface area contributed by atoms with Crippen LogP contribution in [0.1, 0.15) is 25.1 Å². The van der Waals surface area contributed by atoms with Crippen LogP contribution in [0.5, 0.6) is 0 Å². The summed E-state index contributed by atoms with van der Waals surface area (Å²) >= 11 is 0. The van der Waals surface area contributed by atoms with E-state index in [1.54, 1.807) is 11.1 Å². The molecule has 0 unspecified atom stereocenters. The highest BCUT2D eigenvalue weighted by molar-refractivity contribution is 5.86. The maximum absolute atomic E-state index is 12.3. The largest absolute Gasteiger partial charge is 0.332 e. The predicted molar refractivity (Wildman–Crippen MR) is 59.5 cm³/mol. The average molecular weight is 230 g/mol. The Hall–Kier alpha value is -1.83. The topological polar surface area (TPSA) is 61.9 Å². The number of aromatic nitrogens is 2. The van der Waals surface area contributed by atoms with Gasteiger partial charge in [0.05, 0.1) is 12.6 Å². The minimum Gasteiger partial charge on any atom is -0.332 e. The van der Waals surface area contributed by atoms with Crippen molar-refractivity contribution in [1.82, 2.24) is 14.5 Å². The second-order valence-corrected chi connectivity index (χ2v) is 4.81. The Labute approximate surface area is 99.7 Å². The van der Waals surface area contributed by atoms with Crippen LogP contribution in [0, 0.1) is 16.7 Å². The summed E-state index contributed by atoms with van der Waals surface area (Å²) in [5.41, 5.74) is -0.727. The highest BCUT2D eigenvalue weighted by atomic mass is 16.2. The average Bonchev–Trinajstić information content (AvgIpc) is 2.74. The third-order valence-electron chi connectivity index (χ3n) is 3.86. The number of hydrogen-bond donors (Lipinski definition) is 0. The first-order valence-electron chi connectivity index (χ1n) is 5.96. The van der Waals surface area contributed by atoms with Crippen LogP contribution in [0.25, 0.3) is 0 Å². The van der Waals surface area contributed by atoms with Crippen LogP contribution >= 0.6 is 0 Å². The van der Waals surface area contributed by atoms with E-state index in [4.69, 9.17) is 0 Å². The van der Waals surface area contributed by atoms with E-state index in [9.17, 15) is 10.1 Å². The third-order valence-corrected chi connectivity index (χ3v) is 3.86. The first-order valence-corrected chi connectivity index (χ1v) is 5.96. The molecule has 88 valence electrons. The summed E-state index contributed by atoms with van der Waals surface area (Å²) in [7, 11) is 0. The lowest BCUT2D eigenvalue weighted by Crippen LogP contribution is -2.49. The summed E-state index contributed by atoms with van der Waals surface area (Å²) in [6, 6.07) is 2.21. The lowest BCUT2D eigenvalue weighted by atomic mass is 9.69. The van der Waals surface area contributed by atoms with Crippen molar-refractivity contribution in [2.45, 2.75) is 32.4 Å². The third kappa shape index (κ3) is 1.44. The van der Waals surface area contributed by atoms with Crippen molar-refractivity contribution in [3.63, 3.8) is 0 Å². The normalized spacial score (nSPS) is 21.2. The van der Waals surface area contributed by atoms with E-state index in [0.29, 0.717) is 25.9 Å². The number of carbonyl (C=O) groups is 1. The second-order valence-electron chi connectivity index (χ2n) is 4.81. The summed E-state index contributed by atoms with van der Waals surface area (Å²) in [5.74, 6) is 0.914. The van der Waals surface area contributed by atoms with Crippen molar-refractivity contribution >= 4 is 5.91 Å². The van der Waals surface area contributed by atoms with Gasteiger partial charge in [-0.25, -0.2) is 4.98 Å². The molecule has 0 N–H and O–H groups in total. The minimum absolute atomic E-state index is 0.000463. The number of fused-ring (bicyclic) bond motifs is 1. The molecule has 17 heavy (non-hydrogen) atoms. The minimum atomic E-state index is -0.727. The van der Waals surface area contributed by atoms with Gasteiger partial charge in [0.2, 0.25) is 5.91 Å². The van der Waals surface area contributed by atoms with E-state index < -0.39 is 5.41 Å². The van der Waals surface area contributed by atoms with Crippen molar-refractivity contribution in [2.75, 3.05) is 6.54 Å². The van der Waals surface area contributed by atoms with E-state index in [1.807, 2.05) is 6.20 Å². The lowest BCUT2D eigenvalue weighted by molar-refractivity contribution is -0.144. The molecule has 3 rings (SSSR count). The summed E-state index contributed by atoms with van der Waals surface area (Å²) in [6.07, 6.45) is 6.11. The van der Waals surface area contributed by atoms with Gasteiger partial charge in [-0.1, -0.05) is 0 Å². The molecule has 0 saturated heterocycles. The van der Waals surface area contributed by atoms with E-state index >= 15 is 0 Å². The molecule has 1 saturated carbocycles. The molecule has 1 aromatic heterocycles. The van der Waals surface area contributed by atoms with Crippen LogP contribution in [-0.4, -0.2) is 26.9 Å². The van der Waals surface area contributed by atoms with Crippen LogP contribution < -0.4 is 0 Å². The maximum Gasteiger partial charge on any atom is 0.243 e. The lowest BCUT2D eigenvalue weighted by Gasteiger charge is -2.39. The second kappa shape index (κ2) is 3.59. The van der Waals surface area contributed by atoms with Gasteiger partial charge in [-0.05, 0) is 19.3 Å². The molecule has 5 heteroatoms. The van der Waals surface area contributed by atoms with Crippen LogP contribution in [0.4, 0.5) is 0 Å². The molecule has 1 fully saturated rings. The number of carbonyl (C=O) groups excluding carboxylic acids is 1. The molecule has 0 aromatic carbocycles.